The van der Waals surface area contributed by atoms with E-state index < -0.39 is 0 Å². The zero-order chi connectivity index (χ0) is 10.8. The molecule has 2 aromatic heterocycles. The number of nitrogens with one attached hydrogen (secondary N) is 2. The largest absolute Gasteiger partial charge is 0.347 e. The summed E-state index contributed by atoms with van der Waals surface area (Å²) in [5.41, 5.74) is 0.937. The first kappa shape index (κ1) is 10.3. The first-order valence-electron chi connectivity index (χ1n) is 4.45. The molecule has 0 aliphatic carbocycles. The minimum Gasteiger partial charge on any atom is -0.347 e. The maximum Gasteiger partial charge on any atom is 0.153 e. The molecule has 0 fully saturated rings. The van der Waals surface area contributed by atoms with Gasteiger partial charge in [-0.15, -0.1) is 5.10 Å². The fraction of sp³-hybridized carbons (Fsp3) is 0.375. The molecule has 0 saturated heterocycles. The third-order valence-corrected chi connectivity index (χ3v) is 2.75. The Kier molecular flexibility index (Phi) is 2.83. The number of nitrogens with zero attached hydrogens (tertiary/aromatic N) is 4. The lowest BCUT2D eigenvalue weighted by Crippen LogP contribution is -2.22. The van der Waals surface area contributed by atoms with Crippen molar-refractivity contribution in [3.8, 4) is 0 Å². The summed E-state index contributed by atoms with van der Waals surface area (Å²) in [6.07, 6.45) is 3.51. The van der Waals surface area contributed by atoms with E-state index in [4.69, 9.17) is 0 Å². The molecule has 2 N–H and O–H groups in total. The van der Waals surface area contributed by atoms with Gasteiger partial charge in [-0.05, 0) is 23.0 Å². The Bertz CT molecular complexity index is 414. The van der Waals surface area contributed by atoms with Gasteiger partial charge in [0.15, 0.2) is 4.60 Å². The van der Waals surface area contributed by atoms with Crippen LogP contribution >= 0.6 is 15.9 Å². The third kappa shape index (κ3) is 1.80. The van der Waals surface area contributed by atoms with E-state index in [9.17, 15) is 0 Å². The summed E-state index contributed by atoms with van der Waals surface area (Å²) < 4.78 is 2.44. The van der Waals surface area contributed by atoms with Crippen LogP contribution in [0.2, 0.25) is 0 Å². The number of aromatic amines is 1. The second-order valence-electron chi connectivity index (χ2n) is 3.09. The first-order chi connectivity index (χ1) is 7.24. The number of rotatable bonds is 3. The zero-order valence-electron chi connectivity index (χ0n) is 8.40. The van der Waals surface area contributed by atoms with Crippen LogP contribution in [0.1, 0.15) is 17.6 Å². The highest BCUT2D eigenvalue weighted by Crippen LogP contribution is 2.23. The molecule has 0 amide bonds. The summed E-state index contributed by atoms with van der Waals surface area (Å²) in [4.78, 5) is 7.29. The van der Waals surface area contributed by atoms with Crippen molar-refractivity contribution in [1.29, 1.82) is 0 Å². The Morgan fingerprint density at radius 3 is 2.87 bits per heavy atom. The molecular formula is C8H11BrN6. The molecule has 1 unspecified atom stereocenters. The second-order valence-corrected chi connectivity index (χ2v) is 3.84. The van der Waals surface area contributed by atoms with Gasteiger partial charge in [0.2, 0.25) is 0 Å². The molecular weight excluding hydrogens is 260 g/mol. The van der Waals surface area contributed by atoms with Gasteiger partial charge >= 0.3 is 0 Å². The number of halogens is 1. The zero-order valence-corrected chi connectivity index (χ0v) is 9.98. The van der Waals surface area contributed by atoms with Crippen LogP contribution in [0.5, 0.6) is 0 Å². The molecule has 2 aromatic rings. The molecule has 0 aliphatic rings. The molecule has 7 heteroatoms. The van der Waals surface area contributed by atoms with Gasteiger partial charge in [-0.3, -0.25) is 0 Å². The van der Waals surface area contributed by atoms with Crippen molar-refractivity contribution in [2.24, 2.45) is 7.05 Å². The van der Waals surface area contributed by atoms with Crippen LogP contribution in [-0.4, -0.2) is 32.0 Å². The lowest BCUT2D eigenvalue weighted by molar-refractivity contribution is 0.578. The lowest BCUT2D eigenvalue weighted by Gasteiger charge is -2.13. The topological polar surface area (TPSA) is 71.4 Å². The van der Waals surface area contributed by atoms with Crippen LogP contribution in [0.3, 0.4) is 0 Å². The normalized spacial score (nSPS) is 13.0. The molecule has 0 aliphatic heterocycles. The summed E-state index contributed by atoms with van der Waals surface area (Å²) in [7, 11) is 3.72. The summed E-state index contributed by atoms with van der Waals surface area (Å²) in [6, 6.07) is -0.0469. The van der Waals surface area contributed by atoms with E-state index >= 15 is 0 Å². The summed E-state index contributed by atoms with van der Waals surface area (Å²) >= 11 is 3.37. The van der Waals surface area contributed by atoms with Gasteiger partial charge < -0.3 is 10.3 Å². The molecule has 0 bridgehead atoms. The van der Waals surface area contributed by atoms with Crippen molar-refractivity contribution in [2.45, 2.75) is 6.04 Å². The Morgan fingerprint density at radius 1 is 1.60 bits per heavy atom. The Hall–Kier alpha value is -1.21. The molecule has 0 radical (unpaired) electrons. The van der Waals surface area contributed by atoms with Crippen molar-refractivity contribution in [1.82, 2.24) is 30.3 Å². The Morgan fingerprint density at radius 2 is 2.40 bits per heavy atom. The Balaban J connectivity index is 2.44. The average molecular weight is 271 g/mol. The number of hydrogen-bond donors (Lipinski definition) is 2. The van der Waals surface area contributed by atoms with Gasteiger partial charge in [0.05, 0.1) is 5.69 Å². The maximum atomic E-state index is 4.22. The minimum atomic E-state index is -0.0469. The summed E-state index contributed by atoms with van der Waals surface area (Å²) in [6.45, 7) is 0. The molecule has 0 aromatic carbocycles. The fourth-order valence-corrected chi connectivity index (χ4v) is 2.04. The SMILES string of the molecule is CNC(c1ncc[nH]1)c1c(Br)nnn1C. The van der Waals surface area contributed by atoms with Crippen molar-refractivity contribution < 1.29 is 0 Å². The van der Waals surface area contributed by atoms with Crippen LogP contribution in [-0.2, 0) is 7.05 Å². The Labute approximate surface area is 95.2 Å². The van der Waals surface area contributed by atoms with Gasteiger partial charge in [-0.2, -0.15) is 0 Å². The van der Waals surface area contributed by atoms with Crippen molar-refractivity contribution in [3.63, 3.8) is 0 Å². The van der Waals surface area contributed by atoms with E-state index in [0.717, 1.165) is 16.1 Å². The van der Waals surface area contributed by atoms with Gasteiger partial charge in [0, 0.05) is 19.4 Å². The first-order valence-corrected chi connectivity index (χ1v) is 5.25. The average Bonchev–Trinajstić information content (AvgIpc) is 2.83. The minimum absolute atomic E-state index is 0.0469. The second kappa shape index (κ2) is 4.11. The predicted molar refractivity (Wildman–Crippen MR) is 58.2 cm³/mol. The number of H-pyrrole nitrogens is 1. The predicted octanol–water partition coefficient (Wildman–Crippen LogP) is 0.609. The smallest absolute Gasteiger partial charge is 0.153 e. The van der Waals surface area contributed by atoms with Crippen molar-refractivity contribution in [2.75, 3.05) is 7.05 Å². The van der Waals surface area contributed by atoms with E-state index in [-0.39, 0.29) is 6.04 Å². The van der Waals surface area contributed by atoms with Crippen molar-refractivity contribution in [3.05, 3.63) is 28.5 Å². The number of imidazole rings is 1. The molecule has 6 nitrogen and oxygen atoms in total. The highest BCUT2D eigenvalue weighted by molar-refractivity contribution is 9.10. The van der Waals surface area contributed by atoms with Crippen LogP contribution in [0.4, 0.5) is 0 Å². The number of hydrogen-bond acceptors (Lipinski definition) is 4. The fourth-order valence-electron chi connectivity index (χ4n) is 1.48. The van der Waals surface area contributed by atoms with Crippen LogP contribution in [0.25, 0.3) is 0 Å². The standard InChI is InChI=1S/C8H11BrN6/c1-10-5(8-11-3-4-12-8)6-7(9)13-14-15(6)2/h3-5,10H,1-2H3,(H,11,12). The van der Waals surface area contributed by atoms with Gasteiger partial charge in [-0.25, -0.2) is 9.67 Å². The quantitative estimate of drug-likeness (QED) is 0.858. The number of aromatic nitrogens is 5. The van der Waals surface area contributed by atoms with Crippen LogP contribution in [0.15, 0.2) is 17.0 Å². The molecule has 0 spiro atoms. The van der Waals surface area contributed by atoms with Crippen LogP contribution in [0, 0.1) is 0 Å². The molecule has 15 heavy (non-hydrogen) atoms. The van der Waals surface area contributed by atoms with E-state index in [1.165, 1.54) is 0 Å². The van der Waals surface area contributed by atoms with E-state index in [2.05, 4.69) is 41.5 Å². The number of aryl methyl sites for hydroxylation is 1. The van der Waals surface area contributed by atoms with Gasteiger partial charge in [0.1, 0.15) is 11.9 Å². The van der Waals surface area contributed by atoms with E-state index in [1.807, 2.05) is 14.1 Å². The maximum absolute atomic E-state index is 4.22. The molecule has 80 valence electrons. The summed E-state index contributed by atoms with van der Waals surface area (Å²) in [5, 5.41) is 11.0. The molecule has 2 heterocycles. The highest BCUT2D eigenvalue weighted by atomic mass is 79.9. The van der Waals surface area contributed by atoms with E-state index in [1.54, 1.807) is 17.1 Å². The van der Waals surface area contributed by atoms with Crippen LogP contribution < -0.4 is 5.32 Å². The highest BCUT2D eigenvalue weighted by Gasteiger charge is 2.21. The van der Waals surface area contributed by atoms with Gasteiger partial charge in [-0.1, -0.05) is 5.21 Å². The lowest BCUT2D eigenvalue weighted by atomic mass is 10.2. The molecule has 1 atom stereocenters. The molecule has 2 rings (SSSR count). The third-order valence-electron chi connectivity index (χ3n) is 2.18. The van der Waals surface area contributed by atoms with Gasteiger partial charge in [0.25, 0.3) is 0 Å². The summed E-state index contributed by atoms with van der Waals surface area (Å²) in [5.74, 6) is 0.837. The van der Waals surface area contributed by atoms with Crippen molar-refractivity contribution >= 4 is 15.9 Å². The molecule has 0 saturated carbocycles. The van der Waals surface area contributed by atoms with E-state index in [0.29, 0.717) is 0 Å². The monoisotopic (exact) mass is 270 g/mol.